The van der Waals surface area contributed by atoms with E-state index < -0.39 is 5.97 Å². The first-order valence-electron chi connectivity index (χ1n) is 7.04. The zero-order valence-electron chi connectivity index (χ0n) is 12.1. The molecule has 1 fully saturated rings. The van der Waals surface area contributed by atoms with Gasteiger partial charge in [0, 0.05) is 6.54 Å². The molecule has 22 heavy (non-hydrogen) atoms. The SMILES string of the molecule is CC1CN(C(=O)Cn2cc(C(=O)O)nn2)C1c1ccccc1. The summed E-state index contributed by atoms with van der Waals surface area (Å²) in [4.78, 5) is 25.0. The molecule has 7 heteroatoms. The molecule has 1 aromatic heterocycles. The predicted octanol–water partition coefficient (Wildman–Crippen LogP) is 1.20. The first-order valence-corrected chi connectivity index (χ1v) is 7.04. The summed E-state index contributed by atoms with van der Waals surface area (Å²) in [6, 6.07) is 9.95. The molecule has 0 radical (unpaired) electrons. The topological polar surface area (TPSA) is 88.3 Å². The highest BCUT2D eigenvalue weighted by atomic mass is 16.4. The normalized spacial score (nSPS) is 20.5. The number of aromatic carboxylic acids is 1. The zero-order chi connectivity index (χ0) is 15.7. The van der Waals surface area contributed by atoms with Gasteiger partial charge in [0.25, 0.3) is 0 Å². The van der Waals surface area contributed by atoms with Gasteiger partial charge in [-0.25, -0.2) is 9.48 Å². The quantitative estimate of drug-likeness (QED) is 0.916. The van der Waals surface area contributed by atoms with Crippen molar-refractivity contribution in [2.75, 3.05) is 6.54 Å². The van der Waals surface area contributed by atoms with Crippen molar-refractivity contribution in [2.24, 2.45) is 5.92 Å². The van der Waals surface area contributed by atoms with E-state index in [1.165, 1.54) is 10.9 Å². The van der Waals surface area contributed by atoms with E-state index in [9.17, 15) is 9.59 Å². The summed E-state index contributed by atoms with van der Waals surface area (Å²) < 4.78 is 1.26. The minimum absolute atomic E-state index is 0.00364. The number of carbonyl (C=O) groups excluding carboxylic acids is 1. The molecule has 1 amide bonds. The lowest BCUT2D eigenvalue weighted by Gasteiger charge is -2.47. The summed E-state index contributed by atoms with van der Waals surface area (Å²) in [5.74, 6) is -0.844. The molecule has 3 rings (SSSR count). The number of benzene rings is 1. The maximum absolute atomic E-state index is 12.4. The van der Waals surface area contributed by atoms with Crippen LogP contribution >= 0.6 is 0 Å². The van der Waals surface area contributed by atoms with Crippen LogP contribution in [0.2, 0.25) is 0 Å². The molecular weight excluding hydrogens is 284 g/mol. The Bertz CT molecular complexity index is 698. The van der Waals surface area contributed by atoms with Gasteiger partial charge in [-0.3, -0.25) is 4.79 Å². The third-order valence-electron chi connectivity index (χ3n) is 3.88. The smallest absolute Gasteiger partial charge is 0.358 e. The molecule has 2 aromatic rings. The Balaban J connectivity index is 1.70. The number of rotatable bonds is 4. The number of hydrogen-bond donors (Lipinski definition) is 1. The summed E-state index contributed by atoms with van der Waals surface area (Å²) in [5, 5.41) is 16.0. The van der Waals surface area contributed by atoms with E-state index in [0.29, 0.717) is 12.5 Å². The lowest BCUT2D eigenvalue weighted by atomic mass is 9.84. The fourth-order valence-electron chi connectivity index (χ4n) is 2.81. The fourth-order valence-corrected chi connectivity index (χ4v) is 2.81. The van der Waals surface area contributed by atoms with E-state index in [2.05, 4.69) is 17.2 Å². The van der Waals surface area contributed by atoms with Crippen LogP contribution in [0.5, 0.6) is 0 Å². The minimum atomic E-state index is -1.15. The fraction of sp³-hybridized carbons (Fsp3) is 0.333. The van der Waals surface area contributed by atoms with E-state index in [1.54, 1.807) is 4.90 Å². The van der Waals surface area contributed by atoms with Crippen LogP contribution in [-0.4, -0.2) is 43.4 Å². The van der Waals surface area contributed by atoms with Crippen LogP contribution in [0.1, 0.15) is 29.0 Å². The van der Waals surface area contributed by atoms with Crippen molar-refractivity contribution >= 4 is 11.9 Å². The van der Waals surface area contributed by atoms with Gasteiger partial charge in [0.05, 0.1) is 12.2 Å². The number of nitrogens with zero attached hydrogens (tertiary/aromatic N) is 4. The third kappa shape index (κ3) is 2.57. The lowest BCUT2D eigenvalue weighted by molar-refractivity contribution is -0.144. The standard InChI is InChI=1S/C15H16N4O3/c1-10-7-19(14(10)11-5-3-2-4-6-11)13(20)9-18-8-12(15(21)22)16-17-18/h2-6,8,10,14H,7,9H2,1H3,(H,21,22). The first-order chi connectivity index (χ1) is 10.6. The summed E-state index contributed by atoms with van der Waals surface area (Å²) in [7, 11) is 0. The number of hydrogen-bond acceptors (Lipinski definition) is 4. The van der Waals surface area contributed by atoms with Gasteiger partial charge in [0.15, 0.2) is 5.69 Å². The van der Waals surface area contributed by atoms with Crippen molar-refractivity contribution in [1.82, 2.24) is 19.9 Å². The Hall–Kier alpha value is -2.70. The number of amides is 1. The maximum atomic E-state index is 12.4. The van der Waals surface area contributed by atoms with Crippen LogP contribution in [0.25, 0.3) is 0 Å². The lowest BCUT2D eigenvalue weighted by Crippen LogP contribution is -2.52. The molecule has 7 nitrogen and oxygen atoms in total. The van der Waals surface area contributed by atoms with Crippen molar-refractivity contribution in [1.29, 1.82) is 0 Å². The highest BCUT2D eigenvalue weighted by Gasteiger charge is 2.39. The minimum Gasteiger partial charge on any atom is -0.476 e. The van der Waals surface area contributed by atoms with Crippen LogP contribution in [0.15, 0.2) is 36.5 Å². The number of aromatic nitrogens is 3. The van der Waals surface area contributed by atoms with Crippen LogP contribution < -0.4 is 0 Å². The van der Waals surface area contributed by atoms with Gasteiger partial charge in [0.1, 0.15) is 6.54 Å². The van der Waals surface area contributed by atoms with Crippen molar-refractivity contribution in [3.05, 3.63) is 47.8 Å². The van der Waals surface area contributed by atoms with Crippen LogP contribution in [0.4, 0.5) is 0 Å². The predicted molar refractivity (Wildman–Crippen MR) is 77.0 cm³/mol. The van der Waals surface area contributed by atoms with Gasteiger partial charge in [-0.2, -0.15) is 0 Å². The van der Waals surface area contributed by atoms with E-state index >= 15 is 0 Å². The van der Waals surface area contributed by atoms with Crippen LogP contribution in [0.3, 0.4) is 0 Å². The molecule has 1 saturated heterocycles. The van der Waals surface area contributed by atoms with Gasteiger partial charge in [-0.1, -0.05) is 42.5 Å². The summed E-state index contributed by atoms with van der Waals surface area (Å²) in [5.41, 5.74) is 0.948. The number of carboxylic acids is 1. The van der Waals surface area contributed by atoms with Crippen molar-refractivity contribution < 1.29 is 14.7 Å². The van der Waals surface area contributed by atoms with Crippen molar-refractivity contribution in [3.63, 3.8) is 0 Å². The Morgan fingerprint density at radius 3 is 2.64 bits per heavy atom. The Morgan fingerprint density at radius 1 is 1.32 bits per heavy atom. The van der Waals surface area contributed by atoms with Gasteiger partial charge < -0.3 is 10.0 Å². The van der Waals surface area contributed by atoms with Crippen molar-refractivity contribution in [3.8, 4) is 0 Å². The molecule has 0 spiro atoms. The molecule has 2 atom stereocenters. The average Bonchev–Trinajstić information content (AvgIpc) is 2.94. The molecule has 1 aromatic carbocycles. The molecule has 2 unspecified atom stereocenters. The largest absolute Gasteiger partial charge is 0.476 e. The molecule has 0 saturated carbocycles. The Morgan fingerprint density at radius 2 is 2.05 bits per heavy atom. The second-order valence-corrected chi connectivity index (χ2v) is 5.49. The monoisotopic (exact) mass is 300 g/mol. The summed E-state index contributed by atoms with van der Waals surface area (Å²) in [6.45, 7) is 2.80. The van der Waals surface area contributed by atoms with Crippen LogP contribution in [-0.2, 0) is 11.3 Å². The molecule has 0 aliphatic carbocycles. The Kier molecular flexibility index (Phi) is 3.62. The van der Waals surface area contributed by atoms with E-state index in [0.717, 1.165) is 5.56 Å². The molecular formula is C15H16N4O3. The number of carboxylic acid groups (broad SMARTS) is 1. The molecule has 114 valence electrons. The third-order valence-corrected chi connectivity index (χ3v) is 3.88. The van der Waals surface area contributed by atoms with E-state index in [4.69, 9.17) is 5.11 Å². The first kappa shape index (κ1) is 14.2. The molecule has 0 bridgehead atoms. The van der Waals surface area contributed by atoms with E-state index in [1.807, 2.05) is 30.3 Å². The molecule has 2 heterocycles. The summed E-state index contributed by atoms with van der Waals surface area (Å²) in [6.07, 6.45) is 1.26. The molecule has 1 aliphatic heterocycles. The summed E-state index contributed by atoms with van der Waals surface area (Å²) >= 11 is 0. The van der Waals surface area contributed by atoms with Crippen LogP contribution in [0, 0.1) is 5.92 Å². The highest BCUT2D eigenvalue weighted by Crippen LogP contribution is 2.38. The van der Waals surface area contributed by atoms with Gasteiger partial charge in [-0.15, -0.1) is 5.10 Å². The highest BCUT2D eigenvalue weighted by molar-refractivity contribution is 5.85. The zero-order valence-corrected chi connectivity index (χ0v) is 12.1. The van der Waals surface area contributed by atoms with Gasteiger partial charge >= 0.3 is 5.97 Å². The number of likely N-dealkylation sites (tertiary alicyclic amines) is 1. The molecule has 1 aliphatic rings. The maximum Gasteiger partial charge on any atom is 0.358 e. The van der Waals surface area contributed by atoms with Gasteiger partial charge in [-0.05, 0) is 11.5 Å². The second-order valence-electron chi connectivity index (χ2n) is 5.49. The molecule has 1 N–H and O–H groups in total. The Labute approximate surface area is 127 Å². The van der Waals surface area contributed by atoms with E-state index in [-0.39, 0.29) is 24.2 Å². The average molecular weight is 300 g/mol. The number of carbonyl (C=O) groups is 2. The van der Waals surface area contributed by atoms with Gasteiger partial charge in [0.2, 0.25) is 5.91 Å². The van der Waals surface area contributed by atoms with Crippen molar-refractivity contribution in [2.45, 2.75) is 19.5 Å². The second kappa shape index (κ2) is 5.59.